The second kappa shape index (κ2) is 7.50. The Morgan fingerprint density at radius 2 is 1.19 bits per heavy atom. The van der Waals surface area contributed by atoms with E-state index >= 15 is 0 Å². The van der Waals surface area contributed by atoms with E-state index in [4.69, 9.17) is 23.6 Å². The molecule has 1 saturated heterocycles. The zero-order valence-corrected chi connectivity index (χ0v) is 17.9. The van der Waals surface area contributed by atoms with Gasteiger partial charge in [-0.15, -0.1) is 0 Å². The van der Waals surface area contributed by atoms with E-state index < -0.39 is 12.4 Å². The lowest BCUT2D eigenvalue weighted by atomic mass is 10.4. The summed E-state index contributed by atoms with van der Waals surface area (Å²) < 4.78 is 2.57. The second-order valence-electron chi connectivity index (χ2n) is 6.46. The summed E-state index contributed by atoms with van der Waals surface area (Å²) in [6.45, 7) is 0.993. The first-order valence-electron chi connectivity index (χ1n) is 8.80. The molecule has 3 aromatic carbocycles. The van der Waals surface area contributed by atoms with Gasteiger partial charge in [0.2, 0.25) is 0 Å². The zero-order chi connectivity index (χ0) is 18.0. The van der Waals surface area contributed by atoms with E-state index in [1.54, 1.807) is 0 Å². The fraction of sp³-hybridized carbons (Fsp3) is 0.143. The molecule has 5 heteroatoms. The molecule has 0 radical (unpaired) electrons. The average Bonchev–Trinajstić information content (AvgIpc) is 3.13. The molecule has 0 spiro atoms. The lowest BCUT2D eigenvalue weighted by Crippen LogP contribution is -2.30. The lowest BCUT2D eigenvalue weighted by molar-refractivity contribution is 0.741. The first kappa shape index (κ1) is 18.3. The van der Waals surface area contributed by atoms with Crippen LogP contribution >= 0.6 is 12.4 Å². The largest absolute Gasteiger partial charge is 0.235 e. The zero-order valence-electron chi connectivity index (χ0n) is 14.4. The molecule has 0 bridgehead atoms. The van der Waals surface area contributed by atoms with Gasteiger partial charge in [-0.2, -0.15) is 0 Å². The minimum atomic E-state index is -2.15. The third kappa shape index (κ3) is 3.07. The van der Waals surface area contributed by atoms with Crippen LogP contribution in [0.25, 0.3) is 0 Å². The van der Waals surface area contributed by atoms with Crippen molar-refractivity contribution in [1.29, 1.82) is 0 Å². The molecule has 1 unspecified atom stereocenters. The molecule has 0 aromatic heterocycles. The van der Waals surface area contributed by atoms with E-state index in [0.29, 0.717) is 0 Å². The molecule has 3 aromatic rings. The topological polar surface area (TPSA) is 3.24 Å². The van der Waals surface area contributed by atoms with Crippen LogP contribution < -0.4 is 15.9 Å². The predicted octanol–water partition coefficient (Wildman–Crippen LogP) is 4.46. The SMILES string of the molecule is S=P1(c2ccccc2)CCCN1P(=S)(c1ccccc1)c1ccccc1. The molecule has 1 aliphatic rings. The highest BCUT2D eigenvalue weighted by atomic mass is 32.5. The van der Waals surface area contributed by atoms with Crippen LogP contribution in [0.1, 0.15) is 6.42 Å². The maximum absolute atomic E-state index is 6.54. The summed E-state index contributed by atoms with van der Waals surface area (Å²) in [5, 5.41) is 3.79. The Kier molecular flexibility index (Phi) is 5.28. The molecular formula is C21H21NP2S2. The number of rotatable bonds is 4. The van der Waals surface area contributed by atoms with Crippen LogP contribution in [-0.2, 0) is 23.6 Å². The Morgan fingerprint density at radius 1 is 0.731 bits per heavy atom. The minimum Gasteiger partial charge on any atom is -0.235 e. The molecule has 0 N–H and O–H groups in total. The molecule has 1 fully saturated rings. The summed E-state index contributed by atoms with van der Waals surface area (Å²) in [7, 11) is 0. The molecule has 4 rings (SSSR count). The molecular weight excluding hydrogens is 392 g/mol. The predicted molar refractivity (Wildman–Crippen MR) is 123 cm³/mol. The fourth-order valence-corrected chi connectivity index (χ4v) is 15.8. The Hall–Kier alpha value is -1.08. The van der Waals surface area contributed by atoms with Crippen LogP contribution in [0.2, 0.25) is 0 Å². The molecule has 1 nitrogen and oxygen atoms in total. The molecule has 1 heterocycles. The van der Waals surface area contributed by atoms with Crippen molar-refractivity contribution in [3.05, 3.63) is 91.0 Å². The quantitative estimate of drug-likeness (QED) is 0.582. The van der Waals surface area contributed by atoms with E-state index in [1.807, 2.05) is 0 Å². The highest BCUT2D eigenvalue weighted by Gasteiger charge is 2.42. The summed E-state index contributed by atoms with van der Waals surface area (Å²) in [5.74, 6) is 0. The third-order valence-corrected chi connectivity index (χ3v) is 16.8. The molecule has 132 valence electrons. The van der Waals surface area contributed by atoms with Crippen molar-refractivity contribution in [2.24, 2.45) is 0 Å². The Morgan fingerprint density at radius 3 is 1.69 bits per heavy atom. The summed E-state index contributed by atoms with van der Waals surface area (Å²) in [4.78, 5) is 0. The summed E-state index contributed by atoms with van der Waals surface area (Å²) in [6, 6.07) is 32.0. The monoisotopic (exact) mass is 413 g/mol. The summed E-state index contributed by atoms with van der Waals surface area (Å²) >= 11 is 12.9. The standard InChI is InChI=1S/C21H21NP2S2/c25-23(19-11-4-1-5-12-19)18-10-17-22(23)24(26,20-13-6-2-7-14-20)21-15-8-3-9-16-21/h1-9,11-16H,10,17-18H2. The van der Waals surface area contributed by atoms with Gasteiger partial charge in [0, 0.05) is 23.3 Å². The van der Waals surface area contributed by atoms with Gasteiger partial charge in [-0.05, 0) is 17.9 Å². The number of nitrogens with zero attached hydrogens (tertiary/aromatic N) is 1. The van der Waals surface area contributed by atoms with Gasteiger partial charge in [0.1, 0.15) is 0 Å². The summed E-state index contributed by atoms with van der Waals surface area (Å²) in [5.41, 5.74) is 0. The lowest BCUT2D eigenvalue weighted by Gasteiger charge is -2.39. The molecule has 0 aliphatic carbocycles. The highest BCUT2D eigenvalue weighted by Crippen LogP contribution is 2.68. The first-order valence-corrected chi connectivity index (χ1v) is 14.5. The van der Waals surface area contributed by atoms with Crippen molar-refractivity contribution in [3.8, 4) is 0 Å². The van der Waals surface area contributed by atoms with Gasteiger partial charge < -0.3 is 0 Å². The van der Waals surface area contributed by atoms with Crippen molar-refractivity contribution in [3.63, 3.8) is 0 Å². The molecule has 1 atom stereocenters. The van der Waals surface area contributed by atoms with Crippen molar-refractivity contribution in [1.82, 2.24) is 4.44 Å². The van der Waals surface area contributed by atoms with Gasteiger partial charge >= 0.3 is 0 Å². The molecule has 1 aliphatic heterocycles. The number of hydrogen-bond donors (Lipinski definition) is 0. The van der Waals surface area contributed by atoms with Crippen LogP contribution in [0.3, 0.4) is 0 Å². The van der Waals surface area contributed by atoms with Gasteiger partial charge in [0.05, 0.1) is 6.19 Å². The highest BCUT2D eigenvalue weighted by molar-refractivity contribution is 8.28. The second-order valence-corrected chi connectivity index (χ2v) is 15.7. The Labute approximate surface area is 166 Å². The van der Waals surface area contributed by atoms with E-state index in [0.717, 1.165) is 19.1 Å². The smallest absolute Gasteiger partial charge is 0.0752 e. The van der Waals surface area contributed by atoms with E-state index in [9.17, 15) is 0 Å². The van der Waals surface area contributed by atoms with Crippen LogP contribution in [-0.4, -0.2) is 17.1 Å². The van der Waals surface area contributed by atoms with Gasteiger partial charge in [-0.1, -0.05) is 115 Å². The first-order chi connectivity index (χ1) is 12.7. The average molecular weight is 413 g/mol. The van der Waals surface area contributed by atoms with Crippen LogP contribution in [0, 0.1) is 0 Å². The van der Waals surface area contributed by atoms with Crippen molar-refractivity contribution in [2.45, 2.75) is 6.42 Å². The maximum Gasteiger partial charge on any atom is 0.0752 e. The van der Waals surface area contributed by atoms with Crippen LogP contribution in [0.4, 0.5) is 0 Å². The summed E-state index contributed by atoms with van der Waals surface area (Å²) in [6.07, 6.45) is -1.82. The third-order valence-electron chi connectivity index (χ3n) is 4.89. The molecule has 0 amide bonds. The van der Waals surface area contributed by atoms with Crippen LogP contribution in [0.15, 0.2) is 91.0 Å². The van der Waals surface area contributed by atoms with Crippen LogP contribution in [0.5, 0.6) is 0 Å². The number of benzene rings is 3. The van der Waals surface area contributed by atoms with E-state index in [1.165, 1.54) is 15.9 Å². The van der Waals surface area contributed by atoms with Gasteiger partial charge in [0.15, 0.2) is 0 Å². The fourth-order valence-electron chi connectivity index (χ4n) is 3.65. The minimum absolute atomic E-state index is 0.993. The van der Waals surface area contributed by atoms with Crippen molar-refractivity contribution >= 4 is 51.9 Å². The molecule has 0 saturated carbocycles. The van der Waals surface area contributed by atoms with Gasteiger partial charge in [-0.3, -0.25) is 0 Å². The maximum atomic E-state index is 6.54. The Balaban J connectivity index is 1.93. The Bertz CT molecular complexity index is 931. The van der Waals surface area contributed by atoms with E-state index in [-0.39, 0.29) is 0 Å². The molecule has 26 heavy (non-hydrogen) atoms. The van der Waals surface area contributed by atoms with E-state index in [2.05, 4.69) is 95.4 Å². The number of hydrogen-bond acceptors (Lipinski definition) is 2. The normalized spacial score (nSPS) is 20.9. The van der Waals surface area contributed by atoms with Gasteiger partial charge in [0.25, 0.3) is 0 Å². The van der Waals surface area contributed by atoms with Gasteiger partial charge in [-0.25, -0.2) is 4.44 Å². The van der Waals surface area contributed by atoms with Crippen molar-refractivity contribution in [2.75, 3.05) is 12.7 Å². The van der Waals surface area contributed by atoms with Crippen molar-refractivity contribution < 1.29 is 0 Å².